The van der Waals surface area contributed by atoms with Gasteiger partial charge in [-0.2, -0.15) is 5.10 Å². The average molecular weight is 472 g/mol. The normalized spacial score (nSPS) is 18.4. The number of rotatable bonds is 4. The summed E-state index contributed by atoms with van der Waals surface area (Å²) in [6.07, 6.45) is 0.483. The van der Waals surface area contributed by atoms with Crippen molar-refractivity contribution in [2.45, 2.75) is 25.9 Å². The van der Waals surface area contributed by atoms with Gasteiger partial charge in [-0.3, -0.25) is 9.48 Å². The highest BCUT2D eigenvalue weighted by Crippen LogP contribution is 2.31. The molecule has 1 fully saturated rings. The third-order valence-electron chi connectivity index (χ3n) is 5.23. The van der Waals surface area contributed by atoms with Gasteiger partial charge >= 0.3 is 0 Å². The third kappa shape index (κ3) is 4.03. The van der Waals surface area contributed by atoms with E-state index in [1.165, 1.54) is 11.3 Å². The Balaban J connectivity index is 1.63. The topological polar surface area (TPSA) is 72.3 Å². The van der Waals surface area contributed by atoms with Gasteiger partial charge in [0.1, 0.15) is 4.83 Å². The predicted molar refractivity (Wildman–Crippen MR) is 117 cm³/mol. The number of nitrogens with zero attached hydrogens (tertiary/aromatic N) is 3. The molecule has 1 saturated heterocycles. The molecule has 6 nitrogen and oxygen atoms in total. The standard InChI is InChI=1S/C19H19Cl2N3O3S2/c1-11-15-8-17(18(25)23(2)14-5-6-29(26,27)10-14)28-19(15)24(22-11)9-12-3-4-13(20)7-16(12)21/h3-4,7-8,14H,5-6,9-10H2,1-2H3. The van der Waals surface area contributed by atoms with Crippen LogP contribution >= 0.6 is 34.5 Å². The molecule has 0 saturated carbocycles. The van der Waals surface area contributed by atoms with Crippen molar-refractivity contribution < 1.29 is 13.2 Å². The van der Waals surface area contributed by atoms with Gasteiger partial charge in [-0.05, 0) is 37.1 Å². The molecule has 1 aliphatic heterocycles. The number of benzene rings is 1. The van der Waals surface area contributed by atoms with Gasteiger partial charge in [0.2, 0.25) is 0 Å². The van der Waals surface area contributed by atoms with Crippen molar-refractivity contribution in [1.82, 2.24) is 14.7 Å². The van der Waals surface area contributed by atoms with Crippen molar-refractivity contribution in [2.75, 3.05) is 18.6 Å². The second kappa shape index (κ2) is 7.58. The summed E-state index contributed by atoms with van der Waals surface area (Å²) < 4.78 is 25.3. The SMILES string of the molecule is Cc1nn(Cc2ccc(Cl)cc2Cl)c2sc(C(=O)N(C)C3CCS(=O)(=O)C3)cc12. The second-order valence-electron chi connectivity index (χ2n) is 7.28. The smallest absolute Gasteiger partial charge is 0.264 e. The van der Waals surface area contributed by atoms with E-state index in [1.807, 2.05) is 23.7 Å². The molecule has 0 aliphatic carbocycles. The van der Waals surface area contributed by atoms with E-state index in [0.717, 1.165) is 21.5 Å². The lowest BCUT2D eigenvalue weighted by atomic mass is 10.2. The van der Waals surface area contributed by atoms with Crippen molar-refractivity contribution in [3.05, 3.63) is 50.4 Å². The van der Waals surface area contributed by atoms with E-state index in [0.29, 0.717) is 27.9 Å². The maximum Gasteiger partial charge on any atom is 0.264 e. The quantitative estimate of drug-likeness (QED) is 0.575. The molecule has 1 amide bonds. The lowest BCUT2D eigenvalue weighted by Gasteiger charge is -2.22. The molecule has 154 valence electrons. The lowest BCUT2D eigenvalue weighted by Crippen LogP contribution is -2.37. The zero-order valence-electron chi connectivity index (χ0n) is 15.9. The molecule has 0 bridgehead atoms. The fourth-order valence-electron chi connectivity index (χ4n) is 3.56. The maximum absolute atomic E-state index is 13.0. The number of halogens is 2. The molecule has 1 atom stereocenters. The fourth-order valence-corrected chi connectivity index (χ4v) is 6.94. The van der Waals surface area contributed by atoms with E-state index >= 15 is 0 Å². The number of aryl methyl sites for hydroxylation is 1. The van der Waals surface area contributed by atoms with Gasteiger partial charge in [0.15, 0.2) is 9.84 Å². The second-order valence-corrected chi connectivity index (χ2v) is 11.4. The van der Waals surface area contributed by atoms with Crippen LogP contribution in [0, 0.1) is 6.92 Å². The first-order valence-electron chi connectivity index (χ1n) is 9.03. The Morgan fingerprint density at radius 3 is 2.76 bits per heavy atom. The average Bonchev–Trinajstić information content (AvgIpc) is 3.32. The van der Waals surface area contributed by atoms with Crippen LogP contribution in [0.3, 0.4) is 0 Å². The molecule has 0 radical (unpaired) electrons. The highest BCUT2D eigenvalue weighted by molar-refractivity contribution is 7.91. The van der Waals surface area contributed by atoms with Gasteiger partial charge in [-0.15, -0.1) is 11.3 Å². The van der Waals surface area contributed by atoms with E-state index in [4.69, 9.17) is 23.2 Å². The van der Waals surface area contributed by atoms with Crippen molar-refractivity contribution in [3.63, 3.8) is 0 Å². The molecule has 1 unspecified atom stereocenters. The molecule has 3 aromatic rings. The molecule has 2 aromatic heterocycles. The van der Waals surface area contributed by atoms with Crippen LogP contribution in [-0.2, 0) is 16.4 Å². The minimum atomic E-state index is -3.05. The highest BCUT2D eigenvalue weighted by atomic mass is 35.5. The first kappa shape index (κ1) is 20.7. The van der Waals surface area contributed by atoms with Gasteiger partial charge in [-0.1, -0.05) is 29.3 Å². The van der Waals surface area contributed by atoms with E-state index in [-0.39, 0.29) is 23.5 Å². The van der Waals surface area contributed by atoms with Crippen LogP contribution in [0.25, 0.3) is 10.2 Å². The third-order valence-corrected chi connectivity index (χ3v) is 8.70. The molecule has 10 heteroatoms. The number of aromatic nitrogens is 2. The Morgan fingerprint density at radius 2 is 2.10 bits per heavy atom. The van der Waals surface area contributed by atoms with Gasteiger partial charge in [0.25, 0.3) is 5.91 Å². The maximum atomic E-state index is 13.0. The number of carbonyl (C=O) groups is 1. The number of amides is 1. The van der Waals surface area contributed by atoms with E-state index in [1.54, 1.807) is 24.1 Å². The summed E-state index contributed by atoms with van der Waals surface area (Å²) in [7, 11) is -1.38. The Hall–Kier alpha value is -1.61. The first-order valence-corrected chi connectivity index (χ1v) is 12.4. The molecule has 0 spiro atoms. The zero-order valence-corrected chi connectivity index (χ0v) is 19.0. The summed E-state index contributed by atoms with van der Waals surface area (Å²) in [5.74, 6) is 0.00313. The molecular formula is C19H19Cl2N3O3S2. The monoisotopic (exact) mass is 471 g/mol. The van der Waals surface area contributed by atoms with Crippen molar-refractivity contribution in [3.8, 4) is 0 Å². The minimum Gasteiger partial charge on any atom is -0.337 e. The number of sulfone groups is 1. The lowest BCUT2D eigenvalue weighted by molar-refractivity contribution is 0.0752. The van der Waals surface area contributed by atoms with Gasteiger partial charge in [0, 0.05) is 28.5 Å². The summed E-state index contributed by atoms with van der Waals surface area (Å²) in [6.45, 7) is 2.36. The summed E-state index contributed by atoms with van der Waals surface area (Å²) in [5, 5.41) is 6.63. The largest absolute Gasteiger partial charge is 0.337 e. The number of hydrogen-bond acceptors (Lipinski definition) is 5. The molecule has 3 heterocycles. The van der Waals surface area contributed by atoms with E-state index in [2.05, 4.69) is 5.10 Å². The van der Waals surface area contributed by atoms with Crippen LogP contribution in [0.4, 0.5) is 0 Å². The van der Waals surface area contributed by atoms with Gasteiger partial charge < -0.3 is 4.90 Å². The predicted octanol–water partition coefficient (Wildman–Crippen LogP) is 4.02. The minimum absolute atomic E-state index is 0.0298. The summed E-state index contributed by atoms with van der Waals surface area (Å²) in [6, 6.07) is 6.90. The Morgan fingerprint density at radius 1 is 1.34 bits per heavy atom. The molecule has 0 N–H and O–H groups in total. The number of thiophene rings is 1. The molecule has 29 heavy (non-hydrogen) atoms. The van der Waals surface area contributed by atoms with Gasteiger partial charge in [-0.25, -0.2) is 8.42 Å². The molecule has 1 aromatic carbocycles. The van der Waals surface area contributed by atoms with E-state index < -0.39 is 9.84 Å². The van der Waals surface area contributed by atoms with Crippen molar-refractivity contribution >= 4 is 60.5 Å². The molecular weight excluding hydrogens is 453 g/mol. The fraction of sp³-hybridized carbons (Fsp3) is 0.368. The van der Waals surface area contributed by atoms with Crippen LogP contribution < -0.4 is 0 Å². The Kier molecular flexibility index (Phi) is 5.40. The highest BCUT2D eigenvalue weighted by Gasteiger charge is 2.33. The van der Waals surface area contributed by atoms with Gasteiger partial charge in [0.05, 0.1) is 28.6 Å². The number of fused-ring (bicyclic) bond motifs is 1. The zero-order chi connectivity index (χ0) is 20.9. The summed E-state index contributed by atoms with van der Waals surface area (Å²) >= 11 is 13.6. The first-order chi connectivity index (χ1) is 13.6. The van der Waals surface area contributed by atoms with Crippen LogP contribution in [0.5, 0.6) is 0 Å². The summed E-state index contributed by atoms with van der Waals surface area (Å²) in [4.78, 5) is 16.0. The Bertz CT molecular complexity index is 1220. The number of hydrogen-bond donors (Lipinski definition) is 0. The van der Waals surface area contributed by atoms with Crippen LogP contribution in [0.2, 0.25) is 10.0 Å². The van der Waals surface area contributed by atoms with Crippen molar-refractivity contribution in [2.24, 2.45) is 0 Å². The van der Waals surface area contributed by atoms with Crippen LogP contribution in [0.1, 0.15) is 27.3 Å². The van der Waals surface area contributed by atoms with Crippen LogP contribution in [-0.4, -0.2) is 53.6 Å². The van der Waals surface area contributed by atoms with E-state index in [9.17, 15) is 13.2 Å². The number of carbonyl (C=O) groups excluding carboxylic acids is 1. The van der Waals surface area contributed by atoms with Crippen molar-refractivity contribution in [1.29, 1.82) is 0 Å². The molecule has 1 aliphatic rings. The van der Waals surface area contributed by atoms with Crippen LogP contribution in [0.15, 0.2) is 24.3 Å². The summed E-state index contributed by atoms with van der Waals surface area (Å²) in [5.41, 5.74) is 1.71. The molecule has 4 rings (SSSR count). The Labute approximate surface area is 182 Å².